The summed E-state index contributed by atoms with van der Waals surface area (Å²) in [4.78, 5) is 94.2. The second kappa shape index (κ2) is 31.2. The molecule has 0 radical (unpaired) electrons. The van der Waals surface area contributed by atoms with E-state index in [1.54, 1.807) is 90.7 Å². The van der Waals surface area contributed by atoms with Crippen LogP contribution in [0.4, 0.5) is 15.9 Å². The number of aryl methyl sites for hydroxylation is 1. The largest absolute Gasteiger partial charge is 0.491 e. The van der Waals surface area contributed by atoms with E-state index in [9.17, 15) is 33.9 Å². The van der Waals surface area contributed by atoms with Gasteiger partial charge in [0.15, 0.2) is 11.6 Å². The van der Waals surface area contributed by atoms with Crippen molar-refractivity contribution in [2.75, 3.05) is 84.9 Å². The molecule has 2 aliphatic heterocycles. The number of nitrogens with zero attached hydrogens (tertiary/aromatic N) is 9. The number of hydrogen-bond donors (Lipinski definition) is 4. The standard InChI is InChI=1S/C67H83FN12O12S/c1-42(69-5)62(84)74-59(43-12-8-7-9-13-43)66(87)78-20-11-16-55(78)63-73-54(41-93-63)60(83)44-14-10-15-49(33-44)92-31-30-91-29-28-90-27-26-89-25-24-88-23-18-57(82)77-21-22-79-48(39-77)36-56(75-79)72-53-34-46(38-76(6)64(53)85)50-17-19-70-61(51(50)40-81)80-65(86)58-45(37-71-80)32-47(35-52(58)68)67(2,3)4/h10,14-15,17,19,32-38,41-43,55,59,69,81H,7-9,11-13,16,18,20-31,39-40H2,1-6H3,(H,72,75)(H,74,84)/t42-,55-,59-/m1/s1. The molecule has 1 saturated heterocycles. The van der Waals surface area contributed by atoms with Crippen molar-refractivity contribution in [1.82, 2.24) is 54.5 Å². The first kappa shape index (κ1) is 67.8. The molecule has 2 fully saturated rings. The fraction of sp³-hybridized carbons (Fsp3) is 0.493. The van der Waals surface area contributed by atoms with Crippen LogP contribution in [0.25, 0.3) is 27.7 Å². The van der Waals surface area contributed by atoms with Crippen molar-refractivity contribution in [3.63, 3.8) is 0 Å². The lowest BCUT2D eigenvalue weighted by Crippen LogP contribution is -2.55. The quantitative estimate of drug-likeness (QED) is 0.0274. The van der Waals surface area contributed by atoms with Crippen LogP contribution >= 0.6 is 11.3 Å². The summed E-state index contributed by atoms with van der Waals surface area (Å²) in [7, 11) is 3.32. The van der Waals surface area contributed by atoms with Crippen LogP contribution in [-0.2, 0) is 65.5 Å². The summed E-state index contributed by atoms with van der Waals surface area (Å²) in [6, 6.07) is 13.8. The van der Waals surface area contributed by atoms with E-state index in [1.165, 1.54) is 34.4 Å². The molecule has 7 aromatic rings. The number of aromatic nitrogens is 7. The summed E-state index contributed by atoms with van der Waals surface area (Å²) < 4.78 is 48.3. The van der Waals surface area contributed by atoms with Gasteiger partial charge in [-0.05, 0) is 98.5 Å². The Hall–Kier alpha value is -8.11. The van der Waals surface area contributed by atoms with Crippen molar-refractivity contribution < 1.29 is 52.4 Å². The third-order valence-corrected chi connectivity index (χ3v) is 18.2. The van der Waals surface area contributed by atoms with Crippen molar-refractivity contribution >= 4 is 57.1 Å². The first-order chi connectivity index (χ1) is 44.9. The number of likely N-dealkylation sites (N-methyl/N-ethyl adjacent to an activating group) is 1. The number of amides is 3. The lowest BCUT2D eigenvalue weighted by molar-refractivity contribution is -0.139. The van der Waals surface area contributed by atoms with E-state index >= 15 is 4.39 Å². The number of ether oxygens (including phenoxy) is 5. The van der Waals surface area contributed by atoms with Crippen LogP contribution in [-0.4, -0.2) is 164 Å². The van der Waals surface area contributed by atoms with Crippen LogP contribution in [0.2, 0.25) is 0 Å². The molecule has 0 bridgehead atoms. The van der Waals surface area contributed by atoms with Crippen LogP contribution in [0.3, 0.4) is 0 Å². The van der Waals surface area contributed by atoms with Gasteiger partial charge in [-0.1, -0.05) is 52.2 Å². The molecule has 93 heavy (non-hydrogen) atoms. The number of likely N-dealkylation sites (tertiary alicyclic amines) is 1. The summed E-state index contributed by atoms with van der Waals surface area (Å²) in [6.07, 6.45) is 11.2. The van der Waals surface area contributed by atoms with Gasteiger partial charge < -0.3 is 59.1 Å². The number of halogens is 1. The van der Waals surface area contributed by atoms with Gasteiger partial charge in [0.1, 0.15) is 40.6 Å². The van der Waals surface area contributed by atoms with E-state index in [4.69, 9.17) is 28.7 Å². The van der Waals surface area contributed by atoms with Crippen LogP contribution in [0, 0.1) is 11.7 Å². The molecule has 3 atom stereocenters. The molecule has 10 rings (SSSR count). The minimum absolute atomic E-state index is 0.0136. The number of thiazole rings is 1. The number of pyridine rings is 2. The SMILES string of the molecule is CN[C@H](C)C(=O)N[C@@H](C(=O)N1CCC[C@@H]1c1nc(C(=O)c2cccc(OCCOCCOCCOCCOCCC(=O)N3CCn4nc(Nc5cc(-c6ccnc(-n7ncc8cc(C(C)(C)C)cc(F)c8c7=O)c6CO)cn(C)c5=O)cc4C3)c2)cs1)C1CCCCC1. The highest BCUT2D eigenvalue weighted by atomic mass is 32.1. The molecule has 1 aliphatic carbocycles. The molecule has 1 saturated carbocycles. The third-order valence-electron chi connectivity index (χ3n) is 17.3. The highest BCUT2D eigenvalue weighted by Gasteiger charge is 2.40. The van der Waals surface area contributed by atoms with Gasteiger partial charge in [-0.3, -0.25) is 33.4 Å². The van der Waals surface area contributed by atoms with Crippen LogP contribution in [0.1, 0.15) is 123 Å². The van der Waals surface area contributed by atoms with Gasteiger partial charge in [0.25, 0.3) is 11.1 Å². The first-order valence-corrected chi connectivity index (χ1v) is 32.7. The molecule has 3 aliphatic rings. The number of rotatable bonds is 29. The average molecular weight is 1300 g/mol. The second-order valence-electron chi connectivity index (χ2n) is 24.7. The number of fused-ring (bicyclic) bond motifs is 2. The van der Waals surface area contributed by atoms with Crippen molar-refractivity contribution in [1.29, 1.82) is 0 Å². The minimum Gasteiger partial charge on any atom is -0.491 e. The Kier molecular flexibility index (Phi) is 22.7. The molecular formula is C67H83FN12O12S. The number of anilines is 2. The highest BCUT2D eigenvalue weighted by molar-refractivity contribution is 7.10. The first-order valence-electron chi connectivity index (χ1n) is 31.9. The van der Waals surface area contributed by atoms with Gasteiger partial charge in [-0.25, -0.2) is 14.4 Å². The number of aliphatic hydroxyl groups excluding tert-OH is 1. The number of benzene rings is 2. The highest BCUT2D eigenvalue weighted by Crippen LogP contribution is 2.38. The molecule has 5 aromatic heterocycles. The molecule has 26 heteroatoms. The summed E-state index contributed by atoms with van der Waals surface area (Å²) in [5, 5.41) is 31.6. The van der Waals surface area contributed by atoms with Crippen molar-refractivity contribution in [3.8, 4) is 22.7 Å². The number of hydrogen-bond acceptors (Lipinski definition) is 19. The molecule has 3 amide bonds. The van der Waals surface area contributed by atoms with E-state index in [0.717, 1.165) is 55.3 Å². The lowest BCUT2D eigenvalue weighted by atomic mass is 9.83. The number of ketones is 1. The Balaban J connectivity index is 0.598. The van der Waals surface area contributed by atoms with Gasteiger partial charge in [0, 0.05) is 66.1 Å². The monoisotopic (exact) mass is 1300 g/mol. The zero-order valence-corrected chi connectivity index (χ0v) is 54.4. The predicted molar refractivity (Wildman–Crippen MR) is 347 cm³/mol. The Labute approximate surface area is 542 Å². The average Bonchev–Trinajstić information content (AvgIpc) is 1.35. The smallest absolute Gasteiger partial charge is 0.283 e. The van der Waals surface area contributed by atoms with Crippen molar-refractivity contribution in [2.24, 2.45) is 13.0 Å². The zero-order valence-electron chi connectivity index (χ0n) is 53.6. The summed E-state index contributed by atoms with van der Waals surface area (Å²) in [6.45, 7) is 11.7. The summed E-state index contributed by atoms with van der Waals surface area (Å²) in [5.41, 5.74) is 2.17. The summed E-state index contributed by atoms with van der Waals surface area (Å²) >= 11 is 1.38. The van der Waals surface area contributed by atoms with Crippen LogP contribution in [0.15, 0.2) is 88.2 Å². The Morgan fingerprint density at radius 2 is 1.58 bits per heavy atom. The molecule has 0 unspecified atom stereocenters. The summed E-state index contributed by atoms with van der Waals surface area (Å²) in [5.74, 6) is -0.257. The fourth-order valence-corrected chi connectivity index (χ4v) is 12.9. The van der Waals surface area contributed by atoms with Gasteiger partial charge in [0.05, 0.1) is 108 Å². The number of carbonyl (C=O) groups excluding carboxylic acids is 4. The van der Waals surface area contributed by atoms with Crippen molar-refractivity contribution in [3.05, 3.63) is 138 Å². The van der Waals surface area contributed by atoms with Gasteiger partial charge >= 0.3 is 0 Å². The molecule has 0 spiro atoms. The molecule has 2 aromatic carbocycles. The maximum atomic E-state index is 15.6. The Morgan fingerprint density at radius 1 is 0.849 bits per heavy atom. The minimum atomic E-state index is -0.734. The predicted octanol–water partition coefficient (Wildman–Crippen LogP) is 6.92. The molecule has 24 nitrogen and oxygen atoms in total. The van der Waals surface area contributed by atoms with Gasteiger partial charge in [0.2, 0.25) is 23.5 Å². The molecule has 7 heterocycles. The number of aliphatic hydroxyl groups is 1. The molecule has 4 N–H and O–H groups in total. The van der Waals surface area contributed by atoms with E-state index < -0.39 is 30.1 Å². The van der Waals surface area contributed by atoms with Crippen LogP contribution in [0.5, 0.6) is 5.75 Å². The fourth-order valence-electron chi connectivity index (χ4n) is 12.0. The zero-order chi connectivity index (χ0) is 65.8. The van der Waals surface area contributed by atoms with Crippen LogP contribution < -0.4 is 31.8 Å². The number of carbonyl (C=O) groups is 4. The third kappa shape index (κ3) is 16.5. The topological polar surface area (TPSA) is 278 Å². The second-order valence-corrected chi connectivity index (χ2v) is 25.5. The molecular weight excluding hydrogens is 1220 g/mol. The van der Waals surface area contributed by atoms with Gasteiger partial charge in [-0.15, -0.1) is 11.3 Å². The van der Waals surface area contributed by atoms with E-state index in [2.05, 4.69) is 31.1 Å². The Bertz CT molecular complexity index is 3910. The number of nitrogens with one attached hydrogen (secondary N) is 3. The van der Waals surface area contributed by atoms with Crippen molar-refractivity contribution in [2.45, 2.75) is 122 Å². The van der Waals surface area contributed by atoms with E-state index in [-0.39, 0.29) is 88.5 Å². The normalized spacial score (nSPS) is 15.9. The Morgan fingerprint density at radius 3 is 2.30 bits per heavy atom. The maximum Gasteiger partial charge on any atom is 0.283 e. The maximum absolute atomic E-state index is 15.6. The van der Waals surface area contributed by atoms with Gasteiger partial charge in [-0.2, -0.15) is 14.9 Å². The van der Waals surface area contributed by atoms with E-state index in [1.807, 2.05) is 25.7 Å². The lowest BCUT2D eigenvalue weighted by Gasteiger charge is -2.35. The molecule has 496 valence electrons. The van der Waals surface area contributed by atoms with E-state index in [0.29, 0.717) is 122 Å².